The van der Waals surface area contributed by atoms with Gasteiger partial charge in [-0.15, -0.1) is 0 Å². The van der Waals surface area contributed by atoms with Gasteiger partial charge >= 0.3 is 0 Å². The summed E-state index contributed by atoms with van der Waals surface area (Å²) in [6.45, 7) is 2.91. The molecule has 2 N–H and O–H groups in total. The van der Waals surface area contributed by atoms with Crippen molar-refractivity contribution in [2.75, 3.05) is 11.9 Å². The van der Waals surface area contributed by atoms with Crippen molar-refractivity contribution in [3.63, 3.8) is 0 Å². The average Bonchev–Trinajstić information content (AvgIpc) is 3.15. The third-order valence-corrected chi connectivity index (χ3v) is 3.76. The number of carbonyl (C=O) groups excluding carboxylic acids is 1. The van der Waals surface area contributed by atoms with Crippen LogP contribution in [0.5, 0.6) is 5.75 Å². The fourth-order valence-electron chi connectivity index (χ4n) is 2.21. The van der Waals surface area contributed by atoms with Gasteiger partial charge in [0, 0.05) is 11.8 Å². The summed E-state index contributed by atoms with van der Waals surface area (Å²) in [5.41, 5.74) is 0.781. The van der Waals surface area contributed by atoms with Crippen LogP contribution >= 0.6 is 12.2 Å². The quantitative estimate of drug-likeness (QED) is 0.377. The van der Waals surface area contributed by atoms with E-state index in [4.69, 9.17) is 21.4 Å². The van der Waals surface area contributed by atoms with Gasteiger partial charge in [-0.3, -0.25) is 10.1 Å². The van der Waals surface area contributed by atoms with Crippen molar-refractivity contribution < 1.29 is 13.9 Å². The van der Waals surface area contributed by atoms with E-state index in [2.05, 4.69) is 17.6 Å². The summed E-state index contributed by atoms with van der Waals surface area (Å²) in [6.07, 6.45) is 9.20. The molecule has 2 aromatic rings. The van der Waals surface area contributed by atoms with Gasteiger partial charge in [0.25, 0.3) is 0 Å². The molecule has 0 aliphatic heterocycles. The molecule has 0 fully saturated rings. The second kappa shape index (κ2) is 11.1. The van der Waals surface area contributed by atoms with Gasteiger partial charge in [-0.1, -0.05) is 26.2 Å². The van der Waals surface area contributed by atoms with E-state index >= 15 is 0 Å². The monoisotopic (exact) mass is 372 g/mol. The van der Waals surface area contributed by atoms with Gasteiger partial charge in [0.1, 0.15) is 11.5 Å². The molecule has 1 aromatic carbocycles. The molecule has 0 saturated carbocycles. The molecule has 1 aromatic heterocycles. The van der Waals surface area contributed by atoms with Gasteiger partial charge < -0.3 is 14.5 Å². The number of anilines is 1. The minimum Gasteiger partial charge on any atom is -0.494 e. The summed E-state index contributed by atoms with van der Waals surface area (Å²) in [5, 5.41) is 5.77. The third-order valence-electron chi connectivity index (χ3n) is 3.56. The van der Waals surface area contributed by atoms with Crippen molar-refractivity contribution in [3.8, 4) is 5.75 Å². The number of nitrogens with one attached hydrogen (secondary N) is 2. The predicted molar refractivity (Wildman–Crippen MR) is 108 cm³/mol. The molecule has 0 aliphatic carbocycles. The zero-order valence-electron chi connectivity index (χ0n) is 14.9. The van der Waals surface area contributed by atoms with Crippen LogP contribution in [0.25, 0.3) is 6.08 Å². The van der Waals surface area contributed by atoms with Crippen LogP contribution in [0, 0.1) is 0 Å². The molecule has 0 unspecified atom stereocenters. The zero-order chi connectivity index (χ0) is 18.6. The van der Waals surface area contributed by atoms with Crippen LogP contribution in [0.1, 0.15) is 38.4 Å². The number of furan rings is 1. The van der Waals surface area contributed by atoms with E-state index < -0.39 is 0 Å². The molecule has 138 valence electrons. The average molecular weight is 372 g/mol. The molecule has 0 saturated heterocycles. The van der Waals surface area contributed by atoms with Crippen molar-refractivity contribution >= 4 is 35.0 Å². The molecular weight excluding hydrogens is 348 g/mol. The van der Waals surface area contributed by atoms with Gasteiger partial charge in [-0.25, -0.2) is 0 Å². The fraction of sp³-hybridized carbons (Fsp3) is 0.300. The maximum atomic E-state index is 11.8. The van der Waals surface area contributed by atoms with E-state index in [-0.39, 0.29) is 11.0 Å². The highest BCUT2D eigenvalue weighted by atomic mass is 32.1. The summed E-state index contributed by atoms with van der Waals surface area (Å²) in [4.78, 5) is 11.8. The highest BCUT2D eigenvalue weighted by Crippen LogP contribution is 2.16. The van der Waals surface area contributed by atoms with Crippen molar-refractivity contribution in [1.82, 2.24) is 5.32 Å². The van der Waals surface area contributed by atoms with Crippen LogP contribution < -0.4 is 15.4 Å². The number of hydrogen-bond acceptors (Lipinski definition) is 4. The second-order valence-electron chi connectivity index (χ2n) is 5.73. The third kappa shape index (κ3) is 7.53. The first-order chi connectivity index (χ1) is 12.7. The second-order valence-corrected chi connectivity index (χ2v) is 6.13. The Hall–Kier alpha value is -2.60. The lowest BCUT2D eigenvalue weighted by molar-refractivity contribution is -0.115. The number of hydrogen-bond donors (Lipinski definition) is 2. The summed E-state index contributed by atoms with van der Waals surface area (Å²) in [7, 11) is 0. The van der Waals surface area contributed by atoms with Crippen molar-refractivity contribution in [1.29, 1.82) is 0 Å². The smallest absolute Gasteiger partial charge is 0.250 e. The van der Waals surface area contributed by atoms with Crippen molar-refractivity contribution in [2.24, 2.45) is 0 Å². The van der Waals surface area contributed by atoms with Crippen molar-refractivity contribution in [3.05, 3.63) is 54.5 Å². The first-order valence-electron chi connectivity index (χ1n) is 8.74. The summed E-state index contributed by atoms with van der Waals surface area (Å²) in [5.74, 6) is 1.10. The molecule has 0 aliphatic rings. The maximum Gasteiger partial charge on any atom is 0.250 e. The van der Waals surface area contributed by atoms with Crippen molar-refractivity contribution in [2.45, 2.75) is 32.6 Å². The Kier molecular flexibility index (Phi) is 8.42. The standard InChI is InChI=1S/C20H24N2O3S/c1-2-3-4-5-14-24-18-10-8-16(9-11-18)21-20(26)22-19(23)13-12-17-7-6-15-25-17/h6-13,15H,2-5,14H2,1H3,(H2,21,22,23,26)/b13-12+. The Bertz CT molecular complexity index is 709. The number of carbonyl (C=O) groups is 1. The van der Waals surface area contributed by atoms with E-state index in [1.165, 1.54) is 25.3 Å². The van der Waals surface area contributed by atoms with Crippen LogP contribution in [0.4, 0.5) is 5.69 Å². The minimum atomic E-state index is -0.328. The molecule has 1 heterocycles. The van der Waals surface area contributed by atoms with Gasteiger partial charge in [0.15, 0.2) is 5.11 Å². The highest BCUT2D eigenvalue weighted by Gasteiger charge is 2.02. The van der Waals surface area contributed by atoms with Gasteiger partial charge in [0.05, 0.1) is 12.9 Å². The van der Waals surface area contributed by atoms with Crippen LogP contribution in [0.15, 0.2) is 53.2 Å². The summed E-state index contributed by atoms with van der Waals surface area (Å²) in [6, 6.07) is 11.0. The van der Waals surface area contributed by atoms with Crippen LogP contribution in [0.2, 0.25) is 0 Å². The normalized spacial score (nSPS) is 10.7. The summed E-state index contributed by atoms with van der Waals surface area (Å²) >= 11 is 5.14. The lowest BCUT2D eigenvalue weighted by atomic mass is 10.2. The molecule has 0 radical (unpaired) electrons. The van der Waals surface area contributed by atoms with E-state index in [1.54, 1.807) is 24.5 Å². The van der Waals surface area contributed by atoms with Gasteiger partial charge in [0.2, 0.25) is 5.91 Å². The Morgan fingerprint density at radius 1 is 1.19 bits per heavy atom. The Morgan fingerprint density at radius 2 is 2.00 bits per heavy atom. The fourth-order valence-corrected chi connectivity index (χ4v) is 2.43. The molecule has 6 heteroatoms. The molecule has 2 rings (SSSR count). The number of amides is 1. The predicted octanol–water partition coefficient (Wildman–Crippen LogP) is 4.77. The number of thiocarbonyl (C=S) groups is 1. The maximum absolute atomic E-state index is 11.8. The number of ether oxygens (including phenoxy) is 1. The van der Waals surface area contributed by atoms with E-state index in [0.29, 0.717) is 5.76 Å². The number of rotatable bonds is 9. The number of unbranched alkanes of at least 4 members (excludes halogenated alkanes) is 3. The molecule has 0 spiro atoms. The van der Waals surface area contributed by atoms with Gasteiger partial charge in [-0.05, 0) is 61.1 Å². The molecular formula is C20H24N2O3S. The van der Waals surface area contributed by atoms with Crippen LogP contribution in [0.3, 0.4) is 0 Å². The minimum absolute atomic E-state index is 0.229. The topological polar surface area (TPSA) is 63.5 Å². The molecule has 0 atom stereocenters. The summed E-state index contributed by atoms with van der Waals surface area (Å²) < 4.78 is 10.8. The Morgan fingerprint density at radius 3 is 2.69 bits per heavy atom. The van der Waals surface area contributed by atoms with E-state index in [1.807, 2.05) is 24.3 Å². The lowest BCUT2D eigenvalue weighted by Gasteiger charge is -2.10. The lowest BCUT2D eigenvalue weighted by Crippen LogP contribution is -2.32. The number of benzene rings is 1. The largest absolute Gasteiger partial charge is 0.494 e. The highest BCUT2D eigenvalue weighted by molar-refractivity contribution is 7.80. The Balaban J connectivity index is 1.72. The molecule has 1 amide bonds. The van der Waals surface area contributed by atoms with Gasteiger partial charge in [-0.2, -0.15) is 0 Å². The van der Waals surface area contributed by atoms with Crippen LogP contribution in [-0.4, -0.2) is 17.6 Å². The molecule has 0 bridgehead atoms. The first kappa shape index (κ1) is 19.7. The Labute approximate surface area is 159 Å². The molecule has 5 nitrogen and oxygen atoms in total. The molecule has 26 heavy (non-hydrogen) atoms. The SMILES string of the molecule is CCCCCCOc1ccc(NC(=S)NC(=O)/C=C/c2ccco2)cc1. The van der Waals surface area contributed by atoms with E-state index in [9.17, 15) is 4.79 Å². The zero-order valence-corrected chi connectivity index (χ0v) is 15.7. The first-order valence-corrected chi connectivity index (χ1v) is 9.14. The van der Waals surface area contributed by atoms with Crippen LogP contribution in [-0.2, 0) is 4.79 Å². The van der Waals surface area contributed by atoms with E-state index in [0.717, 1.165) is 24.5 Å².